The van der Waals surface area contributed by atoms with Crippen molar-refractivity contribution in [2.75, 3.05) is 0 Å². The molecule has 0 radical (unpaired) electrons. The van der Waals surface area contributed by atoms with E-state index in [1.54, 1.807) is 0 Å². The molecule has 3 nitrogen and oxygen atoms in total. The molecule has 2 aromatic heterocycles. The maximum absolute atomic E-state index is 5.07. The van der Waals surface area contributed by atoms with E-state index < -0.39 is 0 Å². The maximum atomic E-state index is 5.07. The highest BCUT2D eigenvalue weighted by atomic mass is 15.0. The number of nitrogens with zero attached hydrogens (tertiary/aromatic N) is 3. The number of hydrogen-bond donors (Lipinski definition) is 0. The third kappa shape index (κ3) is 4.41. The van der Waals surface area contributed by atoms with E-state index in [2.05, 4.69) is 153 Å². The third-order valence-corrected chi connectivity index (χ3v) is 10.2. The van der Waals surface area contributed by atoms with Crippen LogP contribution in [-0.4, -0.2) is 14.5 Å². The summed E-state index contributed by atoms with van der Waals surface area (Å²) in [5.41, 5.74) is 15.6. The molecule has 3 heteroatoms. The van der Waals surface area contributed by atoms with Gasteiger partial charge in [0.25, 0.3) is 0 Å². The summed E-state index contributed by atoms with van der Waals surface area (Å²) in [5, 5.41) is 1.36. The van der Waals surface area contributed by atoms with E-state index in [4.69, 9.17) is 9.97 Å². The highest BCUT2D eigenvalue weighted by Gasteiger charge is 2.36. The molecule has 0 saturated heterocycles. The van der Waals surface area contributed by atoms with Gasteiger partial charge in [0.05, 0.1) is 16.9 Å². The van der Waals surface area contributed by atoms with Gasteiger partial charge < -0.3 is 4.57 Å². The van der Waals surface area contributed by atoms with Gasteiger partial charge in [0.15, 0.2) is 5.82 Å². The van der Waals surface area contributed by atoms with E-state index in [0.29, 0.717) is 5.92 Å². The van der Waals surface area contributed by atoms with Gasteiger partial charge in [-0.2, -0.15) is 0 Å². The largest absolute Gasteiger partial charge is 0.310 e. The van der Waals surface area contributed by atoms with Gasteiger partial charge in [-0.3, -0.25) is 0 Å². The van der Waals surface area contributed by atoms with Crippen LogP contribution in [0.5, 0.6) is 0 Å². The molecular formula is C44H35N3. The quantitative estimate of drug-likeness (QED) is 0.200. The van der Waals surface area contributed by atoms with Crippen molar-refractivity contribution in [1.29, 1.82) is 0 Å². The molecule has 0 saturated carbocycles. The zero-order valence-corrected chi connectivity index (χ0v) is 26.9. The van der Waals surface area contributed by atoms with Gasteiger partial charge in [-0.05, 0) is 88.7 Å². The first-order valence-corrected chi connectivity index (χ1v) is 16.6. The number of fused-ring (bicyclic) bond motifs is 6. The van der Waals surface area contributed by atoms with Crippen molar-refractivity contribution in [3.8, 4) is 50.7 Å². The number of aromatic nitrogens is 3. The summed E-state index contributed by atoms with van der Waals surface area (Å²) in [4.78, 5) is 10.1. The molecule has 1 unspecified atom stereocenters. The first-order valence-electron chi connectivity index (χ1n) is 16.6. The van der Waals surface area contributed by atoms with Crippen molar-refractivity contribution in [2.45, 2.75) is 32.6 Å². The molecule has 0 fully saturated rings. The average Bonchev–Trinajstić information content (AvgIpc) is 3.55. The topological polar surface area (TPSA) is 30.7 Å². The van der Waals surface area contributed by atoms with Gasteiger partial charge in [-0.25, -0.2) is 9.97 Å². The summed E-state index contributed by atoms with van der Waals surface area (Å²) in [6.07, 6.45) is 5.73. The fourth-order valence-electron chi connectivity index (χ4n) is 7.73. The zero-order chi connectivity index (χ0) is 31.7. The molecule has 2 aliphatic rings. The Balaban J connectivity index is 1.20. The lowest BCUT2D eigenvalue weighted by Crippen LogP contribution is -2.15. The lowest BCUT2D eigenvalue weighted by atomic mass is 9.82. The number of rotatable bonds is 4. The van der Waals surface area contributed by atoms with Crippen molar-refractivity contribution < 1.29 is 0 Å². The smallest absolute Gasteiger partial charge is 0.160 e. The van der Waals surface area contributed by atoms with Crippen molar-refractivity contribution >= 4 is 17.0 Å². The van der Waals surface area contributed by atoms with E-state index >= 15 is 0 Å². The van der Waals surface area contributed by atoms with Crippen LogP contribution >= 0.6 is 0 Å². The van der Waals surface area contributed by atoms with Crippen LogP contribution in [0.15, 0.2) is 133 Å². The van der Waals surface area contributed by atoms with E-state index in [9.17, 15) is 0 Å². The Morgan fingerprint density at radius 3 is 1.96 bits per heavy atom. The monoisotopic (exact) mass is 605 g/mol. The third-order valence-electron chi connectivity index (χ3n) is 10.2. The van der Waals surface area contributed by atoms with Crippen molar-refractivity contribution in [3.63, 3.8) is 0 Å². The predicted molar refractivity (Wildman–Crippen MR) is 195 cm³/mol. The van der Waals surface area contributed by atoms with E-state index in [-0.39, 0.29) is 5.41 Å². The van der Waals surface area contributed by atoms with Crippen LogP contribution < -0.4 is 0 Å². The second-order valence-corrected chi connectivity index (χ2v) is 13.6. The van der Waals surface area contributed by atoms with Crippen molar-refractivity contribution in [2.24, 2.45) is 5.92 Å². The fourth-order valence-corrected chi connectivity index (χ4v) is 7.73. The molecule has 0 aliphatic heterocycles. The van der Waals surface area contributed by atoms with Crippen LogP contribution in [0.25, 0.3) is 67.7 Å². The molecule has 0 spiro atoms. The molecule has 5 aromatic carbocycles. The second-order valence-electron chi connectivity index (χ2n) is 13.6. The molecule has 9 rings (SSSR count). The Hall–Kier alpha value is -5.54. The molecule has 1 atom stereocenters. The molecule has 226 valence electrons. The maximum Gasteiger partial charge on any atom is 0.160 e. The standard InChI is InChI=1S/C44H35N3/c1-28-18-23-41-35(24-28)36-25-34-33-16-10-11-17-37(33)44(2,3)38(34)26-42(36)47(41)32-21-19-31(20-22-32)43-45-39(29-12-6-4-7-13-29)27-40(46-43)30-14-8-5-9-15-30/h4-23,25-28H,24H2,1-3H3. The highest BCUT2D eigenvalue weighted by molar-refractivity contribution is 5.97. The van der Waals surface area contributed by atoms with E-state index in [1.807, 2.05) is 12.1 Å². The number of hydrogen-bond acceptors (Lipinski definition) is 2. The molecular weight excluding hydrogens is 571 g/mol. The van der Waals surface area contributed by atoms with Crippen LogP contribution in [0.1, 0.15) is 43.2 Å². The molecule has 2 heterocycles. The Kier molecular flexibility index (Phi) is 6.20. The normalized spacial score (nSPS) is 15.8. The zero-order valence-electron chi connectivity index (χ0n) is 26.9. The Morgan fingerprint density at radius 2 is 1.28 bits per heavy atom. The summed E-state index contributed by atoms with van der Waals surface area (Å²) >= 11 is 0. The SMILES string of the molecule is CC1C=Cc2c(c3cc4c(cc3n2-c2ccc(-c3nc(-c5ccccc5)cc(-c5ccccc5)n3)cc2)C(C)(C)c2ccccc2-4)C1. The minimum Gasteiger partial charge on any atom is -0.310 e. The highest BCUT2D eigenvalue weighted by Crippen LogP contribution is 2.51. The van der Waals surface area contributed by atoms with Crippen LogP contribution in [-0.2, 0) is 11.8 Å². The summed E-state index contributed by atoms with van der Waals surface area (Å²) in [6, 6.07) is 45.5. The fraction of sp³-hybridized carbons (Fsp3) is 0.136. The summed E-state index contributed by atoms with van der Waals surface area (Å²) in [6.45, 7) is 7.04. The predicted octanol–water partition coefficient (Wildman–Crippen LogP) is 10.9. The van der Waals surface area contributed by atoms with Crippen LogP contribution in [0, 0.1) is 5.92 Å². The minimum absolute atomic E-state index is 0.0553. The Labute approximate surface area is 275 Å². The minimum atomic E-state index is -0.0553. The van der Waals surface area contributed by atoms with E-state index in [0.717, 1.165) is 46.0 Å². The van der Waals surface area contributed by atoms with Crippen LogP contribution in [0.2, 0.25) is 0 Å². The van der Waals surface area contributed by atoms with Gasteiger partial charge in [0.1, 0.15) is 0 Å². The van der Waals surface area contributed by atoms with Gasteiger partial charge in [0, 0.05) is 38.9 Å². The first kappa shape index (κ1) is 27.7. The number of benzene rings is 5. The van der Waals surface area contributed by atoms with Gasteiger partial charge in [-0.1, -0.05) is 112 Å². The molecule has 7 aromatic rings. The van der Waals surface area contributed by atoms with Crippen molar-refractivity contribution in [3.05, 3.63) is 156 Å². The van der Waals surface area contributed by atoms with Gasteiger partial charge in [-0.15, -0.1) is 0 Å². The molecule has 0 amide bonds. The summed E-state index contributed by atoms with van der Waals surface area (Å²) < 4.78 is 2.47. The summed E-state index contributed by atoms with van der Waals surface area (Å²) in [7, 11) is 0. The molecule has 47 heavy (non-hydrogen) atoms. The Morgan fingerprint density at radius 1 is 0.638 bits per heavy atom. The second kappa shape index (κ2) is 10.5. The van der Waals surface area contributed by atoms with Gasteiger partial charge >= 0.3 is 0 Å². The van der Waals surface area contributed by atoms with Gasteiger partial charge in [0.2, 0.25) is 0 Å². The first-order chi connectivity index (χ1) is 23.0. The van der Waals surface area contributed by atoms with E-state index in [1.165, 1.54) is 44.4 Å². The summed E-state index contributed by atoms with van der Waals surface area (Å²) in [5.74, 6) is 1.23. The average molecular weight is 606 g/mol. The number of allylic oxidation sites excluding steroid dienone is 1. The lowest BCUT2D eigenvalue weighted by molar-refractivity contribution is 0.661. The van der Waals surface area contributed by atoms with Crippen LogP contribution in [0.3, 0.4) is 0 Å². The Bertz CT molecular complexity index is 2290. The lowest BCUT2D eigenvalue weighted by Gasteiger charge is -2.21. The molecule has 0 N–H and O–H groups in total. The molecule has 2 aliphatic carbocycles. The van der Waals surface area contributed by atoms with Crippen LogP contribution in [0.4, 0.5) is 0 Å². The molecule has 0 bridgehead atoms. The van der Waals surface area contributed by atoms with Crippen molar-refractivity contribution in [1.82, 2.24) is 14.5 Å².